The fraction of sp³-hybridized carbons (Fsp3) is 0.769. The van der Waals surface area contributed by atoms with E-state index in [1.807, 2.05) is 13.8 Å². The van der Waals surface area contributed by atoms with Gasteiger partial charge in [0, 0.05) is 19.5 Å². The molecule has 0 spiro atoms. The topological polar surface area (TPSA) is 86.7 Å². The molecule has 2 atom stereocenters. The molecule has 2 amide bonds. The van der Waals surface area contributed by atoms with Crippen LogP contribution in [0.4, 0.5) is 0 Å². The zero-order valence-electron chi connectivity index (χ0n) is 11.3. The highest BCUT2D eigenvalue weighted by atomic mass is 16.4. The highest BCUT2D eigenvalue weighted by Gasteiger charge is 2.49. The normalized spacial score (nSPS) is 30.8. The van der Waals surface area contributed by atoms with Crippen LogP contribution in [0.3, 0.4) is 0 Å². The van der Waals surface area contributed by atoms with Crippen LogP contribution in [0.5, 0.6) is 0 Å². The smallest absolute Gasteiger partial charge is 0.311 e. The van der Waals surface area contributed by atoms with Crippen molar-refractivity contribution in [2.24, 2.45) is 11.3 Å². The van der Waals surface area contributed by atoms with E-state index < -0.39 is 17.4 Å². The molecule has 0 saturated carbocycles. The molecule has 0 aromatic carbocycles. The second-order valence-electron chi connectivity index (χ2n) is 5.78. The van der Waals surface area contributed by atoms with Crippen molar-refractivity contribution in [1.29, 1.82) is 0 Å². The third kappa shape index (κ3) is 2.31. The molecule has 0 aromatic heterocycles. The summed E-state index contributed by atoms with van der Waals surface area (Å²) >= 11 is 0. The minimum absolute atomic E-state index is 0.0269. The molecule has 2 saturated heterocycles. The van der Waals surface area contributed by atoms with Crippen molar-refractivity contribution in [3.05, 3.63) is 0 Å². The SMILES string of the molecule is CC(C)C1(C(=O)O)CCN(C(=O)[C@@H]2CCC(=O)N2)C1. The van der Waals surface area contributed by atoms with Gasteiger partial charge in [0.2, 0.25) is 11.8 Å². The van der Waals surface area contributed by atoms with Gasteiger partial charge in [-0.2, -0.15) is 0 Å². The van der Waals surface area contributed by atoms with Crippen LogP contribution in [0.15, 0.2) is 0 Å². The van der Waals surface area contributed by atoms with Crippen molar-refractivity contribution in [2.45, 2.75) is 39.2 Å². The van der Waals surface area contributed by atoms with Crippen LogP contribution in [0.25, 0.3) is 0 Å². The Morgan fingerprint density at radius 1 is 1.47 bits per heavy atom. The third-order valence-corrected chi connectivity index (χ3v) is 4.44. The monoisotopic (exact) mass is 268 g/mol. The Kier molecular flexibility index (Phi) is 3.52. The van der Waals surface area contributed by atoms with Crippen LogP contribution < -0.4 is 5.32 Å². The van der Waals surface area contributed by atoms with Gasteiger partial charge < -0.3 is 15.3 Å². The number of likely N-dealkylation sites (tertiary alicyclic amines) is 1. The molecule has 2 heterocycles. The predicted octanol–water partition coefficient (Wildman–Crippen LogP) is 0.224. The summed E-state index contributed by atoms with van der Waals surface area (Å²) in [5.41, 5.74) is -0.849. The van der Waals surface area contributed by atoms with Gasteiger partial charge in [-0.1, -0.05) is 13.8 Å². The first kappa shape index (κ1) is 13.8. The third-order valence-electron chi connectivity index (χ3n) is 4.44. The lowest BCUT2D eigenvalue weighted by atomic mass is 9.76. The molecule has 1 unspecified atom stereocenters. The van der Waals surface area contributed by atoms with E-state index >= 15 is 0 Å². The minimum Gasteiger partial charge on any atom is -0.481 e. The second-order valence-corrected chi connectivity index (χ2v) is 5.78. The average molecular weight is 268 g/mol. The van der Waals surface area contributed by atoms with E-state index in [0.717, 1.165) is 0 Å². The molecule has 2 fully saturated rings. The van der Waals surface area contributed by atoms with E-state index in [2.05, 4.69) is 5.32 Å². The lowest BCUT2D eigenvalue weighted by Gasteiger charge is -2.29. The molecule has 2 aliphatic rings. The van der Waals surface area contributed by atoms with Crippen LogP contribution in [0.1, 0.15) is 33.1 Å². The Morgan fingerprint density at radius 3 is 2.58 bits per heavy atom. The van der Waals surface area contributed by atoms with Gasteiger partial charge in [-0.05, 0) is 18.8 Å². The molecule has 106 valence electrons. The molecule has 0 radical (unpaired) electrons. The molecule has 6 nitrogen and oxygen atoms in total. The number of nitrogens with one attached hydrogen (secondary N) is 1. The van der Waals surface area contributed by atoms with Gasteiger partial charge in [-0.15, -0.1) is 0 Å². The molecule has 2 aliphatic heterocycles. The van der Waals surface area contributed by atoms with E-state index in [0.29, 0.717) is 25.8 Å². The first-order valence-corrected chi connectivity index (χ1v) is 6.68. The average Bonchev–Trinajstić information content (AvgIpc) is 2.94. The van der Waals surface area contributed by atoms with Crippen molar-refractivity contribution in [3.63, 3.8) is 0 Å². The molecule has 2 rings (SSSR count). The molecule has 0 aromatic rings. The highest BCUT2D eigenvalue weighted by molar-refractivity contribution is 5.91. The maximum absolute atomic E-state index is 12.2. The van der Waals surface area contributed by atoms with Gasteiger partial charge in [0.05, 0.1) is 5.41 Å². The molecule has 0 aliphatic carbocycles. The molecule has 19 heavy (non-hydrogen) atoms. The van der Waals surface area contributed by atoms with Crippen molar-refractivity contribution in [3.8, 4) is 0 Å². The van der Waals surface area contributed by atoms with Gasteiger partial charge in [0.15, 0.2) is 0 Å². The fourth-order valence-electron chi connectivity index (χ4n) is 2.93. The van der Waals surface area contributed by atoms with E-state index in [1.165, 1.54) is 0 Å². The number of carboxylic acid groups (broad SMARTS) is 1. The summed E-state index contributed by atoms with van der Waals surface area (Å²) in [7, 11) is 0. The Bertz CT molecular complexity index is 421. The van der Waals surface area contributed by atoms with Crippen LogP contribution >= 0.6 is 0 Å². The van der Waals surface area contributed by atoms with Crippen molar-refractivity contribution < 1.29 is 19.5 Å². The summed E-state index contributed by atoms with van der Waals surface area (Å²) in [5, 5.41) is 12.1. The Balaban J connectivity index is 2.07. The van der Waals surface area contributed by atoms with Crippen LogP contribution in [0.2, 0.25) is 0 Å². The van der Waals surface area contributed by atoms with Gasteiger partial charge in [0.25, 0.3) is 0 Å². The lowest BCUT2D eigenvalue weighted by Crippen LogP contribution is -2.46. The minimum atomic E-state index is -0.849. The van der Waals surface area contributed by atoms with Gasteiger partial charge in [-0.25, -0.2) is 0 Å². The van der Waals surface area contributed by atoms with Crippen LogP contribution in [-0.4, -0.2) is 46.9 Å². The largest absolute Gasteiger partial charge is 0.481 e. The Hall–Kier alpha value is -1.59. The molecule has 2 N–H and O–H groups in total. The number of aliphatic carboxylic acids is 1. The van der Waals surface area contributed by atoms with Crippen molar-refractivity contribution in [1.82, 2.24) is 10.2 Å². The summed E-state index contributed by atoms with van der Waals surface area (Å²) in [4.78, 5) is 36.5. The summed E-state index contributed by atoms with van der Waals surface area (Å²) in [6, 6.07) is -0.468. The second kappa shape index (κ2) is 4.83. The number of carboxylic acids is 1. The zero-order chi connectivity index (χ0) is 14.2. The van der Waals surface area contributed by atoms with Crippen LogP contribution in [-0.2, 0) is 14.4 Å². The lowest BCUT2D eigenvalue weighted by molar-refractivity contribution is -0.151. The van der Waals surface area contributed by atoms with Gasteiger partial charge >= 0.3 is 5.97 Å². The number of amides is 2. The molecule has 6 heteroatoms. The number of hydrogen-bond donors (Lipinski definition) is 2. The number of hydrogen-bond acceptors (Lipinski definition) is 3. The summed E-state index contributed by atoms with van der Waals surface area (Å²) in [5.74, 6) is -1.12. The maximum Gasteiger partial charge on any atom is 0.311 e. The van der Waals surface area contributed by atoms with Crippen molar-refractivity contribution >= 4 is 17.8 Å². The molecular weight excluding hydrogens is 248 g/mol. The molecule has 0 bridgehead atoms. The zero-order valence-corrected chi connectivity index (χ0v) is 11.3. The number of rotatable bonds is 3. The number of carbonyl (C=O) groups excluding carboxylic acids is 2. The molecular formula is C13H20N2O4. The maximum atomic E-state index is 12.2. The Labute approximate surface area is 112 Å². The fourth-order valence-corrected chi connectivity index (χ4v) is 2.93. The summed E-state index contributed by atoms with van der Waals surface area (Å²) in [6.07, 6.45) is 1.36. The first-order chi connectivity index (χ1) is 8.86. The van der Waals surface area contributed by atoms with Gasteiger partial charge in [0.1, 0.15) is 6.04 Å². The van der Waals surface area contributed by atoms with Gasteiger partial charge in [-0.3, -0.25) is 14.4 Å². The van der Waals surface area contributed by atoms with E-state index in [9.17, 15) is 19.5 Å². The van der Waals surface area contributed by atoms with E-state index in [4.69, 9.17) is 0 Å². The number of nitrogens with zero attached hydrogens (tertiary/aromatic N) is 1. The van der Waals surface area contributed by atoms with Crippen molar-refractivity contribution in [2.75, 3.05) is 13.1 Å². The highest BCUT2D eigenvalue weighted by Crippen LogP contribution is 2.38. The Morgan fingerprint density at radius 2 is 2.16 bits per heavy atom. The quantitative estimate of drug-likeness (QED) is 0.767. The summed E-state index contributed by atoms with van der Waals surface area (Å²) in [6.45, 7) is 4.44. The van der Waals surface area contributed by atoms with Crippen LogP contribution in [0, 0.1) is 11.3 Å². The first-order valence-electron chi connectivity index (χ1n) is 6.68. The van der Waals surface area contributed by atoms with E-state index in [-0.39, 0.29) is 24.3 Å². The predicted molar refractivity (Wildman–Crippen MR) is 67.3 cm³/mol. The number of carbonyl (C=O) groups is 3. The standard InChI is InChI=1S/C13H20N2O4/c1-8(2)13(12(18)19)5-6-15(7-13)11(17)9-3-4-10(16)14-9/h8-9H,3-7H2,1-2H3,(H,14,16)(H,18,19)/t9-,13?/m0/s1. The van der Waals surface area contributed by atoms with E-state index in [1.54, 1.807) is 4.90 Å². The summed E-state index contributed by atoms with van der Waals surface area (Å²) < 4.78 is 0.